The fourth-order valence-corrected chi connectivity index (χ4v) is 3.37. The normalized spacial score (nSPS) is 10.8. The Bertz CT molecular complexity index is 1010. The summed E-state index contributed by atoms with van der Waals surface area (Å²) in [6.07, 6.45) is 0. The third-order valence-corrected chi connectivity index (χ3v) is 4.76. The number of nitrogens with zero attached hydrogens (tertiary/aromatic N) is 6. The number of nitrogens with one attached hydrogen (secondary N) is 1. The number of anilines is 1. The van der Waals surface area contributed by atoms with E-state index in [1.54, 1.807) is 16.0 Å². The highest BCUT2D eigenvalue weighted by atomic mass is 32.1. The predicted molar refractivity (Wildman–Crippen MR) is 101 cm³/mol. The lowest BCUT2D eigenvalue weighted by molar-refractivity contribution is 0.781. The van der Waals surface area contributed by atoms with Crippen LogP contribution in [0.5, 0.6) is 0 Å². The fraction of sp³-hybridized carbons (Fsp3) is 0.167. The molecule has 130 valence electrons. The summed E-state index contributed by atoms with van der Waals surface area (Å²) >= 11 is 1.56. The van der Waals surface area contributed by atoms with Crippen LogP contribution in [-0.4, -0.2) is 30.2 Å². The Balaban J connectivity index is 1.42. The van der Waals surface area contributed by atoms with E-state index in [-0.39, 0.29) is 0 Å². The van der Waals surface area contributed by atoms with E-state index in [1.807, 2.05) is 62.4 Å². The largest absolute Gasteiger partial charge is 0.362 e. The van der Waals surface area contributed by atoms with E-state index in [9.17, 15) is 0 Å². The fourth-order valence-electron chi connectivity index (χ4n) is 2.58. The highest BCUT2D eigenvalue weighted by Gasteiger charge is 2.08. The molecule has 0 aliphatic rings. The van der Waals surface area contributed by atoms with Crippen molar-refractivity contribution in [3.8, 4) is 16.4 Å². The van der Waals surface area contributed by atoms with Crippen molar-refractivity contribution in [1.82, 2.24) is 30.2 Å². The van der Waals surface area contributed by atoms with Crippen LogP contribution < -0.4 is 5.32 Å². The minimum atomic E-state index is 0.554. The van der Waals surface area contributed by atoms with Gasteiger partial charge in [0, 0.05) is 11.3 Å². The van der Waals surface area contributed by atoms with Crippen molar-refractivity contribution in [2.75, 3.05) is 5.32 Å². The van der Waals surface area contributed by atoms with Gasteiger partial charge < -0.3 is 5.32 Å². The highest BCUT2D eigenvalue weighted by molar-refractivity contribution is 7.14. The minimum absolute atomic E-state index is 0.554. The Hall–Kier alpha value is -3.13. The SMILES string of the molecule is Cc1cc(C)n(-c2ccc(NCc3nnc(-c4ccccc4)s3)nn2)n1. The summed E-state index contributed by atoms with van der Waals surface area (Å²) in [6.45, 7) is 4.50. The minimum Gasteiger partial charge on any atom is -0.362 e. The van der Waals surface area contributed by atoms with Crippen molar-refractivity contribution in [2.45, 2.75) is 20.4 Å². The van der Waals surface area contributed by atoms with Gasteiger partial charge in [0.2, 0.25) is 0 Å². The van der Waals surface area contributed by atoms with Crippen LogP contribution in [0.4, 0.5) is 5.82 Å². The molecule has 0 bridgehead atoms. The summed E-state index contributed by atoms with van der Waals surface area (Å²) in [4.78, 5) is 0. The standard InChI is InChI=1S/C18H17N7S/c1-12-10-13(2)25(24-12)16-9-8-15(20-21-16)19-11-17-22-23-18(26-17)14-6-4-3-5-7-14/h3-10H,11H2,1-2H3,(H,19,20). The molecule has 0 radical (unpaired) electrons. The number of aromatic nitrogens is 6. The van der Waals surface area contributed by atoms with E-state index < -0.39 is 0 Å². The number of benzene rings is 1. The number of hydrogen-bond acceptors (Lipinski definition) is 7. The Kier molecular flexibility index (Phi) is 4.40. The van der Waals surface area contributed by atoms with Gasteiger partial charge in [-0.2, -0.15) is 5.10 Å². The number of rotatable bonds is 5. The van der Waals surface area contributed by atoms with E-state index in [0.717, 1.165) is 27.0 Å². The molecular weight excluding hydrogens is 346 g/mol. The summed E-state index contributed by atoms with van der Waals surface area (Å²) < 4.78 is 1.78. The zero-order valence-electron chi connectivity index (χ0n) is 14.4. The summed E-state index contributed by atoms with van der Waals surface area (Å²) in [6, 6.07) is 15.8. The molecule has 0 aliphatic carbocycles. The maximum atomic E-state index is 4.41. The van der Waals surface area contributed by atoms with Gasteiger partial charge in [0.1, 0.15) is 15.8 Å². The van der Waals surface area contributed by atoms with Crippen LogP contribution in [0.25, 0.3) is 16.4 Å². The Morgan fingerprint density at radius 1 is 0.962 bits per heavy atom. The molecule has 0 unspecified atom stereocenters. The quantitative estimate of drug-likeness (QED) is 0.585. The first kappa shape index (κ1) is 16.3. The van der Waals surface area contributed by atoms with Gasteiger partial charge in [-0.3, -0.25) is 0 Å². The number of hydrogen-bond donors (Lipinski definition) is 1. The van der Waals surface area contributed by atoms with Crippen molar-refractivity contribution in [3.63, 3.8) is 0 Å². The molecule has 0 aliphatic heterocycles. The molecule has 0 spiro atoms. The van der Waals surface area contributed by atoms with Gasteiger partial charge in [0.15, 0.2) is 5.82 Å². The molecule has 7 nitrogen and oxygen atoms in total. The molecule has 4 rings (SSSR count). The maximum Gasteiger partial charge on any atom is 0.176 e. The Morgan fingerprint density at radius 3 is 2.50 bits per heavy atom. The molecule has 26 heavy (non-hydrogen) atoms. The summed E-state index contributed by atoms with van der Waals surface area (Å²) in [7, 11) is 0. The van der Waals surface area contributed by atoms with Crippen LogP contribution in [0.15, 0.2) is 48.5 Å². The van der Waals surface area contributed by atoms with Gasteiger partial charge in [-0.25, -0.2) is 4.68 Å². The third-order valence-electron chi connectivity index (χ3n) is 3.79. The van der Waals surface area contributed by atoms with Crippen molar-refractivity contribution < 1.29 is 0 Å². The Morgan fingerprint density at radius 2 is 1.81 bits per heavy atom. The van der Waals surface area contributed by atoms with E-state index in [1.165, 1.54) is 0 Å². The van der Waals surface area contributed by atoms with Gasteiger partial charge >= 0.3 is 0 Å². The van der Waals surface area contributed by atoms with E-state index in [4.69, 9.17) is 0 Å². The van der Waals surface area contributed by atoms with Gasteiger partial charge in [-0.1, -0.05) is 41.7 Å². The average Bonchev–Trinajstić information content (AvgIpc) is 3.27. The second-order valence-electron chi connectivity index (χ2n) is 5.84. The summed E-state index contributed by atoms with van der Waals surface area (Å²) in [5.41, 5.74) is 3.06. The molecule has 3 aromatic heterocycles. The van der Waals surface area contributed by atoms with Gasteiger partial charge in [0.05, 0.1) is 12.2 Å². The molecule has 1 aromatic carbocycles. The summed E-state index contributed by atoms with van der Waals surface area (Å²) in [5.74, 6) is 1.38. The molecule has 0 saturated heterocycles. The lowest BCUT2D eigenvalue weighted by Gasteiger charge is -2.05. The first-order valence-electron chi connectivity index (χ1n) is 8.18. The van der Waals surface area contributed by atoms with Gasteiger partial charge in [-0.15, -0.1) is 20.4 Å². The second kappa shape index (κ2) is 7.01. The molecule has 4 aromatic rings. The molecule has 0 fully saturated rings. The van der Waals surface area contributed by atoms with Crippen LogP contribution in [0.1, 0.15) is 16.4 Å². The average molecular weight is 363 g/mol. The van der Waals surface area contributed by atoms with Crippen LogP contribution >= 0.6 is 11.3 Å². The molecule has 8 heteroatoms. The van der Waals surface area contributed by atoms with Gasteiger partial charge in [0.25, 0.3) is 0 Å². The molecule has 0 saturated carbocycles. The van der Waals surface area contributed by atoms with Crippen molar-refractivity contribution in [3.05, 3.63) is 64.9 Å². The molecular formula is C18H17N7S. The zero-order valence-corrected chi connectivity index (χ0v) is 15.2. The number of aryl methyl sites for hydroxylation is 2. The Labute approximate surface area is 154 Å². The van der Waals surface area contributed by atoms with E-state index in [2.05, 4.69) is 30.8 Å². The second-order valence-corrected chi connectivity index (χ2v) is 6.90. The van der Waals surface area contributed by atoms with Crippen LogP contribution in [0.2, 0.25) is 0 Å². The van der Waals surface area contributed by atoms with Crippen LogP contribution in [0, 0.1) is 13.8 Å². The van der Waals surface area contributed by atoms with Gasteiger partial charge in [-0.05, 0) is 32.0 Å². The topological polar surface area (TPSA) is 81.4 Å². The van der Waals surface area contributed by atoms with Crippen molar-refractivity contribution >= 4 is 17.2 Å². The van der Waals surface area contributed by atoms with Crippen LogP contribution in [0.3, 0.4) is 0 Å². The lowest BCUT2D eigenvalue weighted by atomic mass is 10.2. The predicted octanol–water partition coefficient (Wildman–Crippen LogP) is 3.41. The lowest BCUT2D eigenvalue weighted by Crippen LogP contribution is -2.06. The van der Waals surface area contributed by atoms with E-state index >= 15 is 0 Å². The molecule has 0 atom stereocenters. The van der Waals surface area contributed by atoms with Crippen molar-refractivity contribution in [1.29, 1.82) is 0 Å². The summed E-state index contributed by atoms with van der Waals surface area (Å²) in [5, 5.41) is 26.4. The smallest absolute Gasteiger partial charge is 0.176 e. The monoisotopic (exact) mass is 363 g/mol. The molecule has 3 heterocycles. The first-order valence-corrected chi connectivity index (χ1v) is 9.00. The molecule has 0 amide bonds. The van der Waals surface area contributed by atoms with Crippen LogP contribution in [-0.2, 0) is 6.54 Å². The zero-order chi connectivity index (χ0) is 17.9. The first-order chi connectivity index (χ1) is 12.7. The highest BCUT2D eigenvalue weighted by Crippen LogP contribution is 2.23. The third kappa shape index (κ3) is 3.45. The van der Waals surface area contributed by atoms with E-state index in [0.29, 0.717) is 18.2 Å². The van der Waals surface area contributed by atoms with Crippen molar-refractivity contribution in [2.24, 2.45) is 0 Å². The maximum absolute atomic E-state index is 4.41. The molecule has 1 N–H and O–H groups in total.